The summed E-state index contributed by atoms with van der Waals surface area (Å²) in [5.74, 6) is -12.1. The van der Waals surface area contributed by atoms with Crippen LogP contribution in [-0.2, 0) is 4.79 Å². The number of halogens is 5. The van der Waals surface area contributed by atoms with Gasteiger partial charge in [0.05, 0.1) is 0 Å². The van der Waals surface area contributed by atoms with Gasteiger partial charge in [-0.15, -0.1) is 0 Å². The summed E-state index contributed by atoms with van der Waals surface area (Å²) in [5, 5.41) is 0. The maximum absolute atomic E-state index is 13.4. The number of nitrogens with zero attached hydrogens (tertiary/aromatic N) is 1. The van der Waals surface area contributed by atoms with Gasteiger partial charge in [-0.1, -0.05) is 13.8 Å². The number of hydrogen-bond acceptors (Lipinski definition) is 2. The second kappa shape index (κ2) is 6.72. The van der Waals surface area contributed by atoms with Crippen LogP contribution >= 0.6 is 0 Å². The first-order valence-electron chi connectivity index (χ1n) is 7.14. The Hall–Kier alpha value is -1.86. The van der Waals surface area contributed by atoms with Crippen molar-refractivity contribution in [3.8, 4) is 5.75 Å². The Morgan fingerprint density at radius 3 is 1.87 bits per heavy atom. The van der Waals surface area contributed by atoms with Crippen LogP contribution in [0.15, 0.2) is 0 Å². The molecule has 0 aromatic heterocycles. The fraction of sp³-hybridized carbons (Fsp3) is 0.533. The van der Waals surface area contributed by atoms with Crippen molar-refractivity contribution in [3.63, 3.8) is 0 Å². The highest BCUT2D eigenvalue weighted by Crippen LogP contribution is 2.29. The van der Waals surface area contributed by atoms with Gasteiger partial charge in [-0.25, -0.2) is 13.2 Å². The lowest BCUT2D eigenvalue weighted by atomic mass is 9.92. The van der Waals surface area contributed by atoms with E-state index in [1.165, 1.54) is 4.90 Å². The van der Waals surface area contributed by atoms with E-state index < -0.39 is 47.3 Å². The fourth-order valence-electron chi connectivity index (χ4n) is 2.80. The maximum atomic E-state index is 13.4. The van der Waals surface area contributed by atoms with Crippen LogP contribution in [-0.4, -0.2) is 30.5 Å². The van der Waals surface area contributed by atoms with Crippen molar-refractivity contribution in [3.05, 3.63) is 29.1 Å². The minimum atomic E-state index is -2.27. The summed E-state index contributed by atoms with van der Waals surface area (Å²) in [4.78, 5) is 13.5. The van der Waals surface area contributed by atoms with E-state index in [4.69, 9.17) is 0 Å². The highest BCUT2D eigenvalue weighted by Gasteiger charge is 2.29. The third-order valence-electron chi connectivity index (χ3n) is 3.73. The Kier molecular flexibility index (Phi) is 5.11. The summed E-state index contributed by atoms with van der Waals surface area (Å²) >= 11 is 0. The zero-order chi connectivity index (χ0) is 17.3. The maximum Gasteiger partial charge on any atom is 0.260 e. The van der Waals surface area contributed by atoms with Gasteiger partial charge in [0, 0.05) is 13.1 Å². The van der Waals surface area contributed by atoms with E-state index in [1.807, 2.05) is 13.8 Å². The first kappa shape index (κ1) is 17.5. The predicted octanol–water partition coefficient (Wildman–Crippen LogP) is 3.27. The van der Waals surface area contributed by atoms with Crippen LogP contribution in [0.4, 0.5) is 22.0 Å². The summed E-state index contributed by atoms with van der Waals surface area (Å²) in [7, 11) is 0. The Balaban J connectivity index is 2.11. The van der Waals surface area contributed by atoms with Crippen molar-refractivity contribution in [2.45, 2.75) is 20.3 Å². The smallest absolute Gasteiger partial charge is 0.260 e. The first-order valence-corrected chi connectivity index (χ1v) is 7.14. The van der Waals surface area contributed by atoms with Gasteiger partial charge in [0.1, 0.15) is 0 Å². The Morgan fingerprint density at radius 1 is 0.957 bits per heavy atom. The predicted molar refractivity (Wildman–Crippen MR) is 71.3 cm³/mol. The van der Waals surface area contributed by atoms with E-state index in [2.05, 4.69) is 4.74 Å². The zero-order valence-corrected chi connectivity index (χ0v) is 12.6. The van der Waals surface area contributed by atoms with E-state index in [0.29, 0.717) is 13.1 Å². The van der Waals surface area contributed by atoms with Crippen LogP contribution in [0.25, 0.3) is 0 Å². The van der Waals surface area contributed by atoms with E-state index in [1.54, 1.807) is 0 Å². The Bertz CT molecular complexity index is 583. The molecule has 1 aliphatic rings. The lowest BCUT2D eigenvalue weighted by Crippen LogP contribution is -2.44. The van der Waals surface area contributed by atoms with Crippen molar-refractivity contribution >= 4 is 5.91 Å². The van der Waals surface area contributed by atoms with Gasteiger partial charge in [-0.2, -0.15) is 8.78 Å². The minimum Gasteiger partial charge on any atom is -0.477 e. The SMILES string of the molecule is CC1CC(C)CN(C(=O)COc2c(F)c(F)c(F)c(F)c2F)C1. The number of likely N-dealkylation sites (tertiary alicyclic amines) is 1. The van der Waals surface area contributed by atoms with E-state index in [9.17, 15) is 26.7 Å². The monoisotopic (exact) mass is 337 g/mol. The Morgan fingerprint density at radius 2 is 1.39 bits per heavy atom. The van der Waals surface area contributed by atoms with Crippen LogP contribution in [0.2, 0.25) is 0 Å². The van der Waals surface area contributed by atoms with Crippen molar-refractivity contribution in [1.29, 1.82) is 0 Å². The summed E-state index contributed by atoms with van der Waals surface area (Å²) in [6.07, 6.45) is 0.947. The first-order chi connectivity index (χ1) is 10.7. The molecule has 0 bridgehead atoms. The number of hydrogen-bond donors (Lipinski definition) is 0. The topological polar surface area (TPSA) is 29.5 Å². The van der Waals surface area contributed by atoms with Crippen molar-refractivity contribution < 1.29 is 31.5 Å². The largest absolute Gasteiger partial charge is 0.477 e. The number of amides is 1. The van der Waals surface area contributed by atoms with Crippen LogP contribution in [0, 0.1) is 40.9 Å². The molecule has 0 N–H and O–H groups in total. The molecule has 1 amide bonds. The molecule has 1 fully saturated rings. The molecular formula is C15H16F5NO2. The number of ether oxygens (including phenoxy) is 1. The van der Waals surface area contributed by atoms with E-state index >= 15 is 0 Å². The molecule has 0 aliphatic carbocycles. The quantitative estimate of drug-likeness (QED) is 0.481. The van der Waals surface area contributed by atoms with Gasteiger partial charge in [0.25, 0.3) is 5.91 Å². The molecular weight excluding hydrogens is 321 g/mol. The third kappa shape index (κ3) is 3.56. The molecule has 0 spiro atoms. The highest BCUT2D eigenvalue weighted by atomic mass is 19.2. The molecule has 1 saturated heterocycles. The number of carbonyl (C=O) groups is 1. The summed E-state index contributed by atoms with van der Waals surface area (Å²) in [6.45, 7) is 4.05. The van der Waals surface area contributed by atoms with Gasteiger partial charge in [0.2, 0.25) is 29.1 Å². The molecule has 2 rings (SSSR count). The molecule has 0 saturated carbocycles. The summed E-state index contributed by atoms with van der Waals surface area (Å²) < 4.78 is 70.5. The molecule has 1 aromatic rings. The summed E-state index contributed by atoms with van der Waals surface area (Å²) in [5.41, 5.74) is 0. The molecule has 0 radical (unpaired) electrons. The molecule has 8 heteroatoms. The van der Waals surface area contributed by atoms with Gasteiger partial charge < -0.3 is 9.64 Å². The van der Waals surface area contributed by atoms with Crippen LogP contribution < -0.4 is 4.74 Å². The second-order valence-corrected chi connectivity index (χ2v) is 5.93. The molecule has 1 aromatic carbocycles. The van der Waals surface area contributed by atoms with Crippen molar-refractivity contribution in [2.24, 2.45) is 11.8 Å². The highest BCUT2D eigenvalue weighted by molar-refractivity contribution is 5.78. The fourth-order valence-corrected chi connectivity index (χ4v) is 2.80. The number of benzene rings is 1. The average molecular weight is 337 g/mol. The molecule has 1 heterocycles. The second-order valence-electron chi connectivity index (χ2n) is 5.93. The van der Waals surface area contributed by atoms with Gasteiger partial charge in [-0.3, -0.25) is 4.79 Å². The summed E-state index contributed by atoms with van der Waals surface area (Å²) in [6, 6.07) is 0. The van der Waals surface area contributed by atoms with E-state index in [-0.39, 0.29) is 11.8 Å². The molecule has 23 heavy (non-hydrogen) atoms. The third-order valence-corrected chi connectivity index (χ3v) is 3.73. The molecule has 2 atom stereocenters. The number of piperidine rings is 1. The van der Waals surface area contributed by atoms with Gasteiger partial charge in [0.15, 0.2) is 12.4 Å². The number of rotatable bonds is 3. The standard InChI is InChI=1S/C15H16F5NO2/c1-7-3-8(2)5-21(4-7)9(22)6-23-15-13(19)11(17)10(16)12(18)14(15)20/h7-8H,3-6H2,1-2H3. The van der Waals surface area contributed by atoms with E-state index in [0.717, 1.165) is 6.42 Å². The van der Waals surface area contributed by atoms with Crippen molar-refractivity contribution in [2.75, 3.05) is 19.7 Å². The van der Waals surface area contributed by atoms with Crippen LogP contribution in [0.3, 0.4) is 0 Å². The molecule has 3 nitrogen and oxygen atoms in total. The van der Waals surface area contributed by atoms with Gasteiger partial charge in [-0.05, 0) is 18.3 Å². The average Bonchev–Trinajstić information content (AvgIpc) is 2.49. The molecule has 1 aliphatic heterocycles. The number of carbonyl (C=O) groups excluding carboxylic acids is 1. The van der Waals surface area contributed by atoms with Crippen LogP contribution in [0.1, 0.15) is 20.3 Å². The Labute approximate surface area is 130 Å². The molecule has 128 valence electrons. The normalized spacial score (nSPS) is 21.4. The zero-order valence-electron chi connectivity index (χ0n) is 12.6. The molecule has 2 unspecified atom stereocenters. The van der Waals surface area contributed by atoms with Gasteiger partial charge >= 0.3 is 0 Å². The van der Waals surface area contributed by atoms with Crippen LogP contribution in [0.5, 0.6) is 5.75 Å². The lowest BCUT2D eigenvalue weighted by Gasteiger charge is -2.34. The lowest BCUT2D eigenvalue weighted by molar-refractivity contribution is -0.136. The minimum absolute atomic E-state index is 0.261. The van der Waals surface area contributed by atoms with Crippen molar-refractivity contribution in [1.82, 2.24) is 4.90 Å².